The van der Waals surface area contributed by atoms with Crippen LogP contribution in [-0.4, -0.2) is 15.0 Å². The van der Waals surface area contributed by atoms with Gasteiger partial charge in [0.2, 0.25) is 0 Å². The number of hydrogen-bond acceptors (Lipinski definition) is 3. The van der Waals surface area contributed by atoms with E-state index in [4.69, 9.17) is 5.73 Å². The fourth-order valence-electron chi connectivity index (χ4n) is 1.44. The first-order valence-corrected chi connectivity index (χ1v) is 4.39. The Hall–Kier alpha value is -1.84. The Labute approximate surface area is 82.4 Å². The number of anilines is 1. The van der Waals surface area contributed by atoms with Crippen molar-refractivity contribution < 1.29 is 0 Å². The molecule has 0 bridgehead atoms. The Kier molecular flexibility index (Phi) is 1.96. The standard InChI is InChI=1S/C10H12N4/c1-7-5-8(11)3-4-9(7)10-6-12-14(2)13-10/h3-6H,11H2,1-2H3. The van der Waals surface area contributed by atoms with Gasteiger partial charge in [-0.1, -0.05) is 6.07 Å². The molecule has 0 aliphatic heterocycles. The number of aryl methyl sites for hydroxylation is 2. The van der Waals surface area contributed by atoms with Crippen molar-refractivity contribution in [2.45, 2.75) is 6.92 Å². The van der Waals surface area contributed by atoms with E-state index in [-0.39, 0.29) is 0 Å². The second-order valence-corrected chi connectivity index (χ2v) is 3.29. The molecule has 2 N–H and O–H groups in total. The Morgan fingerprint density at radius 2 is 2.14 bits per heavy atom. The zero-order valence-corrected chi connectivity index (χ0v) is 8.23. The van der Waals surface area contributed by atoms with E-state index >= 15 is 0 Å². The van der Waals surface area contributed by atoms with Crippen LogP contribution in [0, 0.1) is 6.92 Å². The lowest BCUT2D eigenvalue weighted by atomic mass is 10.1. The summed E-state index contributed by atoms with van der Waals surface area (Å²) in [6.45, 7) is 2.01. The average Bonchev–Trinajstić information content (AvgIpc) is 2.51. The quantitative estimate of drug-likeness (QED) is 0.688. The lowest BCUT2D eigenvalue weighted by molar-refractivity contribution is 0.655. The summed E-state index contributed by atoms with van der Waals surface area (Å²) in [6.07, 6.45) is 1.75. The second-order valence-electron chi connectivity index (χ2n) is 3.29. The molecule has 0 saturated heterocycles. The zero-order valence-electron chi connectivity index (χ0n) is 8.23. The summed E-state index contributed by atoms with van der Waals surface area (Å²) in [6, 6.07) is 5.77. The predicted octanol–water partition coefficient (Wildman–Crippen LogP) is 1.37. The molecule has 4 heteroatoms. The van der Waals surface area contributed by atoms with Gasteiger partial charge in [-0.3, -0.25) is 0 Å². The molecule has 0 amide bonds. The summed E-state index contributed by atoms with van der Waals surface area (Å²) in [5.41, 5.74) is 9.51. The van der Waals surface area contributed by atoms with Crippen molar-refractivity contribution in [1.82, 2.24) is 15.0 Å². The number of rotatable bonds is 1. The highest BCUT2D eigenvalue weighted by Gasteiger charge is 2.05. The van der Waals surface area contributed by atoms with Gasteiger partial charge in [-0.25, -0.2) is 0 Å². The molecule has 0 aliphatic carbocycles. The normalized spacial score (nSPS) is 10.4. The van der Waals surface area contributed by atoms with Crippen molar-refractivity contribution in [3.63, 3.8) is 0 Å². The highest BCUT2D eigenvalue weighted by Crippen LogP contribution is 2.22. The largest absolute Gasteiger partial charge is 0.399 e. The van der Waals surface area contributed by atoms with E-state index < -0.39 is 0 Å². The molecule has 0 fully saturated rings. The number of aromatic nitrogens is 3. The molecule has 72 valence electrons. The van der Waals surface area contributed by atoms with Gasteiger partial charge in [0, 0.05) is 18.3 Å². The molecule has 4 nitrogen and oxygen atoms in total. The minimum absolute atomic E-state index is 0.773. The van der Waals surface area contributed by atoms with E-state index in [2.05, 4.69) is 10.2 Å². The second kappa shape index (κ2) is 3.14. The molecule has 1 aromatic carbocycles. The fourth-order valence-corrected chi connectivity index (χ4v) is 1.44. The van der Waals surface area contributed by atoms with Crippen molar-refractivity contribution in [3.8, 4) is 11.3 Å². The smallest absolute Gasteiger partial charge is 0.113 e. The zero-order chi connectivity index (χ0) is 10.1. The maximum atomic E-state index is 5.67. The van der Waals surface area contributed by atoms with E-state index in [1.165, 1.54) is 0 Å². The Morgan fingerprint density at radius 3 is 2.71 bits per heavy atom. The third-order valence-corrected chi connectivity index (χ3v) is 2.13. The van der Waals surface area contributed by atoms with Crippen LogP contribution in [0.1, 0.15) is 5.56 Å². The fraction of sp³-hybridized carbons (Fsp3) is 0.200. The summed E-state index contributed by atoms with van der Waals surface area (Å²) in [4.78, 5) is 1.55. The topological polar surface area (TPSA) is 56.7 Å². The highest BCUT2D eigenvalue weighted by atomic mass is 15.4. The average molecular weight is 188 g/mol. The molecule has 0 radical (unpaired) electrons. The van der Waals surface area contributed by atoms with Crippen LogP contribution in [0.25, 0.3) is 11.3 Å². The minimum Gasteiger partial charge on any atom is -0.399 e. The molecule has 0 spiro atoms. The van der Waals surface area contributed by atoms with Crippen molar-refractivity contribution in [1.29, 1.82) is 0 Å². The SMILES string of the molecule is Cc1cc(N)ccc1-c1cnn(C)n1. The first-order chi connectivity index (χ1) is 6.66. The maximum absolute atomic E-state index is 5.67. The van der Waals surface area contributed by atoms with Crippen LogP contribution in [0.15, 0.2) is 24.4 Å². The molecule has 1 aromatic heterocycles. The molecular formula is C10H12N4. The monoisotopic (exact) mass is 188 g/mol. The van der Waals surface area contributed by atoms with Gasteiger partial charge in [-0.05, 0) is 24.6 Å². The number of benzene rings is 1. The summed E-state index contributed by atoms with van der Waals surface area (Å²) >= 11 is 0. The third kappa shape index (κ3) is 1.46. The van der Waals surface area contributed by atoms with Crippen LogP contribution < -0.4 is 5.73 Å². The number of nitrogens with zero attached hydrogens (tertiary/aromatic N) is 3. The molecule has 2 aromatic rings. The van der Waals surface area contributed by atoms with Crippen LogP contribution in [0.3, 0.4) is 0 Å². The Morgan fingerprint density at radius 1 is 1.36 bits per heavy atom. The molecule has 0 aliphatic rings. The van der Waals surface area contributed by atoms with Crippen molar-refractivity contribution >= 4 is 5.69 Å². The van der Waals surface area contributed by atoms with Crippen LogP contribution >= 0.6 is 0 Å². The molecule has 1 heterocycles. The van der Waals surface area contributed by atoms with Crippen molar-refractivity contribution in [2.24, 2.45) is 7.05 Å². The summed E-state index contributed by atoms with van der Waals surface area (Å²) in [7, 11) is 1.80. The van der Waals surface area contributed by atoms with Crippen LogP contribution in [0.5, 0.6) is 0 Å². The van der Waals surface area contributed by atoms with Gasteiger partial charge in [0.15, 0.2) is 0 Å². The highest BCUT2D eigenvalue weighted by molar-refractivity contribution is 5.65. The van der Waals surface area contributed by atoms with Crippen molar-refractivity contribution in [2.75, 3.05) is 5.73 Å². The Balaban J connectivity index is 2.52. The third-order valence-electron chi connectivity index (χ3n) is 2.13. The lowest BCUT2D eigenvalue weighted by Gasteiger charge is -2.02. The number of nitrogen functional groups attached to an aromatic ring is 1. The van der Waals surface area contributed by atoms with Gasteiger partial charge in [-0.2, -0.15) is 15.0 Å². The molecule has 0 saturated carbocycles. The lowest BCUT2D eigenvalue weighted by Crippen LogP contribution is -1.93. The van der Waals surface area contributed by atoms with Crippen molar-refractivity contribution in [3.05, 3.63) is 30.0 Å². The Bertz CT molecular complexity index is 459. The molecule has 14 heavy (non-hydrogen) atoms. The van der Waals surface area contributed by atoms with Gasteiger partial charge in [0.25, 0.3) is 0 Å². The molecule has 2 rings (SSSR count). The number of nitrogens with two attached hydrogens (primary N) is 1. The van der Waals surface area contributed by atoms with Gasteiger partial charge in [-0.15, -0.1) is 0 Å². The molecule has 0 unspecified atom stereocenters. The summed E-state index contributed by atoms with van der Waals surface area (Å²) < 4.78 is 0. The van der Waals surface area contributed by atoms with E-state index in [1.54, 1.807) is 18.0 Å². The van der Waals surface area contributed by atoms with E-state index in [1.807, 2.05) is 25.1 Å². The van der Waals surface area contributed by atoms with Gasteiger partial charge >= 0.3 is 0 Å². The summed E-state index contributed by atoms with van der Waals surface area (Å²) in [5, 5.41) is 8.27. The van der Waals surface area contributed by atoms with E-state index in [9.17, 15) is 0 Å². The first kappa shape index (κ1) is 8.74. The molecular weight excluding hydrogens is 176 g/mol. The predicted molar refractivity (Wildman–Crippen MR) is 55.6 cm³/mol. The maximum Gasteiger partial charge on any atom is 0.113 e. The van der Waals surface area contributed by atoms with Crippen LogP contribution in [0.2, 0.25) is 0 Å². The van der Waals surface area contributed by atoms with Crippen LogP contribution in [-0.2, 0) is 7.05 Å². The minimum atomic E-state index is 0.773. The van der Waals surface area contributed by atoms with Gasteiger partial charge in [0.05, 0.1) is 6.20 Å². The summed E-state index contributed by atoms with van der Waals surface area (Å²) in [5.74, 6) is 0. The molecule has 0 atom stereocenters. The van der Waals surface area contributed by atoms with Gasteiger partial charge in [0.1, 0.15) is 5.69 Å². The number of hydrogen-bond donors (Lipinski definition) is 1. The first-order valence-electron chi connectivity index (χ1n) is 4.39. The van der Waals surface area contributed by atoms with Gasteiger partial charge < -0.3 is 5.73 Å². The van der Waals surface area contributed by atoms with Crippen LogP contribution in [0.4, 0.5) is 5.69 Å². The van der Waals surface area contributed by atoms with E-state index in [0.717, 1.165) is 22.5 Å². The van der Waals surface area contributed by atoms with E-state index in [0.29, 0.717) is 0 Å².